The van der Waals surface area contributed by atoms with E-state index in [0.717, 1.165) is 11.3 Å². The zero-order valence-corrected chi connectivity index (χ0v) is 23.2. The highest BCUT2D eigenvalue weighted by atomic mass is 35.5. The molecule has 1 amide bonds. The van der Waals surface area contributed by atoms with E-state index in [4.69, 9.17) is 21.1 Å². The molecule has 2 heterocycles. The van der Waals surface area contributed by atoms with Gasteiger partial charge in [-0.1, -0.05) is 61.6 Å². The second kappa shape index (κ2) is 11.8. The monoisotopic (exact) mass is 566 g/mol. The number of rotatable bonds is 9. The van der Waals surface area contributed by atoms with Crippen molar-refractivity contribution < 1.29 is 29.0 Å². The Kier molecular flexibility index (Phi) is 8.52. The Morgan fingerprint density at radius 1 is 1.18 bits per heavy atom. The number of thiazole rings is 1. The molecule has 0 spiro atoms. The van der Waals surface area contributed by atoms with Crippen molar-refractivity contribution >= 4 is 51.5 Å². The van der Waals surface area contributed by atoms with Crippen molar-refractivity contribution in [1.29, 1.82) is 0 Å². The van der Waals surface area contributed by atoms with E-state index in [-0.39, 0.29) is 27.9 Å². The predicted molar refractivity (Wildman–Crippen MR) is 150 cm³/mol. The minimum Gasteiger partial charge on any atom is -0.507 e. The van der Waals surface area contributed by atoms with Crippen LogP contribution in [-0.2, 0) is 14.3 Å². The molecule has 1 fully saturated rings. The second-order valence-corrected chi connectivity index (χ2v) is 10.7. The van der Waals surface area contributed by atoms with Gasteiger partial charge in [-0.25, -0.2) is 9.78 Å². The van der Waals surface area contributed by atoms with Gasteiger partial charge in [-0.2, -0.15) is 0 Å². The van der Waals surface area contributed by atoms with Crippen molar-refractivity contribution in [1.82, 2.24) is 4.98 Å². The predicted octanol–water partition coefficient (Wildman–Crippen LogP) is 6.11. The van der Waals surface area contributed by atoms with Gasteiger partial charge in [0.1, 0.15) is 23.0 Å². The van der Waals surface area contributed by atoms with Crippen LogP contribution in [0, 0.1) is 12.8 Å². The summed E-state index contributed by atoms with van der Waals surface area (Å²) >= 11 is 7.02. The van der Waals surface area contributed by atoms with Crippen molar-refractivity contribution in [3.05, 3.63) is 93.5 Å². The zero-order chi connectivity index (χ0) is 28.3. The molecule has 202 valence electrons. The Balaban J connectivity index is 1.80. The van der Waals surface area contributed by atoms with Crippen molar-refractivity contribution in [2.75, 3.05) is 18.1 Å². The number of ketones is 1. The highest BCUT2D eigenvalue weighted by Crippen LogP contribution is 2.44. The van der Waals surface area contributed by atoms with Crippen LogP contribution in [0.25, 0.3) is 5.76 Å². The average molecular weight is 567 g/mol. The van der Waals surface area contributed by atoms with Crippen LogP contribution in [0.15, 0.2) is 66.8 Å². The highest BCUT2D eigenvalue weighted by Gasteiger charge is 2.48. The molecule has 1 aliphatic rings. The molecule has 8 nitrogen and oxygen atoms in total. The number of hydrogen-bond donors (Lipinski definition) is 1. The number of nitrogens with zero attached hydrogens (tertiary/aromatic N) is 2. The highest BCUT2D eigenvalue weighted by molar-refractivity contribution is 7.17. The number of esters is 1. The van der Waals surface area contributed by atoms with Crippen LogP contribution in [0.1, 0.15) is 46.4 Å². The third-order valence-electron chi connectivity index (χ3n) is 5.85. The van der Waals surface area contributed by atoms with E-state index in [2.05, 4.69) is 11.6 Å². The largest absolute Gasteiger partial charge is 0.507 e. The second-order valence-electron chi connectivity index (χ2n) is 9.25. The van der Waals surface area contributed by atoms with E-state index >= 15 is 0 Å². The van der Waals surface area contributed by atoms with Gasteiger partial charge in [0.05, 0.1) is 23.9 Å². The molecule has 0 bridgehead atoms. The maximum Gasteiger partial charge on any atom is 0.350 e. The molecule has 39 heavy (non-hydrogen) atoms. The Bertz CT molecular complexity index is 1440. The normalized spacial score (nSPS) is 16.5. The molecule has 10 heteroatoms. The molecule has 1 aromatic heterocycles. The molecule has 2 aromatic carbocycles. The molecular weight excluding hydrogens is 540 g/mol. The van der Waals surface area contributed by atoms with Crippen molar-refractivity contribution in [2.45, 2.75) is 26.8 Å². The first-order chi connectivity index (χ1) is 18.6. The smallest absolute Gasteiger partial charge is 0.350 e. The summed E-state index contributed by atoms with van der Waals surface area (Å²) in [5.74, 6) is -1.76. The van der Waals surface area contributed by atoms with Crippen LogP contribution in [0.3, 0.4) is 0 Å². The number of benzene rings is 2. The Labute approximate surface area is 235 Å². The van der Waals surface area contributed by atoms with Gasteiger partial charge in [-0.3, -0.25) is 14.5 Å². The van der Waals surface area contributed by atoms with Gasteiger partial charge in [-0.05, 0) is 54.8 Å². The Morgan fingerprint density at radius 3 is 2.46 bits per heavy atom. The number of Topliss-reactive ketones (excluding diaryl/α,β-unsaturated/α-hetero) is 1. The molecule has 0 aliphatic carbocycles. The maximum absolute atomic E-state index is 13.4. The van der Waals surface area contributed by atoms with E-state index in [1.807, 2.05) is 13.8 Å². The number of hydrogen-bond acceptors (Lipinski definition) is 8. The van der Waals surface area contributed by atoms with Crippen LogP contribution in [-0.4, -0.2) is 41.0 Å². The minimum atomic E-state index is -1.01. The van der Waals surface area contributed by atoms with E-state index in [0.29, 0.717) is 40.1 Å². The van der Waals surface area contributed by atoms with E-state index in [1.54, 1.807) is 55.5 Å². The van der Waals surface area contributed by atoms with Gasteiger partial charge in [0.15, 0.2) is 5.13 Å². The third-order valence-corrected chi connectivity index (χ3v) is 7.24. The molecule has 0 saturated carbocycles. The molecule has 1 saturated heterocycles. The van der Waals surface area contributed by atoms with Crippen LogP contribution in [0.4, 0.5) is 5.13 Å². The average Bonchev–Trinajstić information content (AvgIpc) is 3.43. The standard InChI is InChI=1S/C29H27ClN2O6S/c1-5-14-37-28(36)26-17(4)31-29(39-26)32-23(18-6-10-20(30)11-7-18)22(25(34)27(32)35)24(33)19-8-12-21(13-9-19)38-15-16(2)3/h5-13,16,23,33H,1,14-15H2,2-4H3/b24-22+. The lowest BCUT2D eigenvalue weighted by atomic mass is 9.95. The van der Waals surface area contributed by atoms with Crippen LogP contribution in [0.5, 0.6) is 5.75 Å². The van der Waals surface area contributed by atoms with E-state index < -0.39 is 23.7 Å². The molecular formula is C29H27ClN2O6S. The zero-order valence-electron chi connectivity index (χ0n) is 21.6. The lowest BCUT2D eigenvalue weighted by Crippen LogP contribution is -2.29. The van der Waals surface area contributed by atoms with Gasteiger partial charge < -0.3 is 14.6 Å². The number of aromatic nitrogens is 1. The number of ether oxygens (including phenoxy) is 2. The number of aliphatic hydroxyl groups is 1. The third kappa shape index (κ3) is 5.89. The SMILES string of the molecule is C=CCOC(=O)c1sc(N2C(=O)C(=O)/C(=C(/O)c3ccc(OCC(C)C)cc3)C2c2ccc(Cl)cc2)nc1C. The lowest BCUT2D eigenvalue weighted by Gasteiger charge is -2.23. The number of carbonyl (C=O) groups is 3. The first-order valence-corrected chi connectivity index (χ1v) is 13.4. The first-order valence-electron chi connectivity index (χ1n) is 12.2. The molecule has 3 aromatic rings. The van der Waals surface area contributed by atoms with E-state index in [1.165, 1.54) is 11.0 Å². The summed E-state index contributed by atoms with van der Waals surface area (Å²) in [6.07, 6.45) is 1.44. The van der Waals surface area contributed by atoms with Gasteiger partial charge in [0, 0.05) is 10.6 Å². The number of carbonyl (C=O) groups excluding carboxylic acids is 3. The van der Waals surface area contributed by atoms with Crippen molar-refractivity contribution in [2.24, 2.45) is 5.92 Å². The molecule has 1 N–H and O–H groups in total. The first kappa shape index (κ1) is 28.1. The van der Waals surface area contributed by atoms with Crippen LogP contribution >= 0.6 is 22.9 Å². The van der Waals surface area contributed by atoms with Gasteiger partial charge in [0.25, 0.3) is 5.78 Å². The Hall–Kier alpha value is -3.95. The van der Waals surface area contributed by atoms with E-state index in [9.17, 15) is 19.5 Å². The summed E-state index contributed by atoms with van der Waals surface area (Å²) in [6, 6.07) is 12.2. The molecule has 1 atom stereocenters. The fourth-order valence-electron chi connectivity index (χ4n) is 3.99. The summed E-state index contributed by atoms with van der Waals surface area (Å²) in [5.41, 5.74) is 1.10. The molecule has 0 radical (unpaired) electrons. The quantitative estimate of drug-likeness (QED) is 0.109. The number of halogens is 1. The molecule has 4 rings (SSSR count). The summed E-state index contributed by atoms with van der Waals surface area (Å²) in [7, 11) is 0. The van der Waals surface area contributed by atoms with Crippen molar-refractivity contribution in [3.8, 4) is 5.75 Å². The van der Waals surface area contributed by atoms with Crippen LogP contribution < -0.4 is 9.64 Å². The van der Waals surface area contributed by atoms with Gasteiger partial charge >= 0.3 is 11.9 Å². The number of aryl methyl sites for hydroxylation is 1. The fourth-order valence-corrected chi connectivity index (χ4v) is 5.11. The lowest BCUT2D eigenvalue weighted by molar-refractivity contribution is -0.132. The summed E-state index contributed by atoms with van der Waals surface area (Å²) < 4.78 is 10.8. The number of aliphatic hydroxyl groups excluding tert-OH is 1. The summed E-state index contributed by atoms with van der Waals surface area (Å²) in [4.78, 5) is 45.1. The summed E-state index contributed by atoms with van der Waals surface area (Å²) in [6.45, 7) is 9.76. The molecule has 1 unspecified atom stereocenters. The van der Waals surface area contributed by atoms with Crippen molar-refractivity contribution in [3.63, 3.8) is 0 Å². The number of amides is 1. The van der Waals surface area contributed by atoms with Crippen LogP contribution in [0.2, 0.25) is 5.02 Å². The number of anilines is 1. The Morgan fingerprint density at radius 2 is 1.85 bits per heavy atom. The topological polar surface area (TPSA) is 106 Å². The minimum absolute atomic E-state index is 0.0160. The maximum atomic E-state index is 13.4. The fraction of sp³-hybridized carbons (Fsp3) is 0.241. The van der Waals surface area contributed by atoms with Gasteiger partial charge in [0.2, 0.25) is 0 Å². The summed E-state index contributed by atoms with van der Waals surface area (Å²) in [5, 5.41) is 11.9. The molecule has 1 aliphatic heterocycles. The van der Waals surface area contributed by atoms with Gasteiger partial charge in [-0.15, -0.1) is 0 Å².